The summed E-state index contributed by atoms with van der Waals surface area (Å²) in [5, 5.41) is 32.4. The summed E-state index contributed by atoms with van der Waals surface area (Å²) < 4.78 is 5.46. The fourth-order valence-corrected chi connectivity index (χ4v) is 10.7. The molecule has 5 aliphatic rings. The third-order valence-corrected chi connectivity index (χ3v) is 12.9. The number of allylic oxidation sites excluding steroid dienone is 3. The summed E-state index contributed by atoms with van der Waals surface area (Å²) in [5.41, 5.74) is 0.126. The van der Waals surface area contributed by atoms with Gasteiger partial charge in [-0.25, -0.2) is 0 Å². The Hall–Kier alpha value is -1.64. The van der Waals surface area contributed by atoms with Gasteiger partial charge in [-0.05, 0) is 73.0 Å². The van der Waals surface area contributed by atoms with Gasteiger partial charge in [0.1, 0.15) is 0 Å². The van der Waals surface area contributed by atoms with Crippen LogP contribution in [0.5, 0.6) is 0 Å². The first-order valence-electron chi connectivity index (χ1n) is 14.0. The van der Waals surface area contributed by atoms with Gasteiger partial charge in [0, 0.05) is 22.3 Å². The lowest BCUT2D eigenvalue weighted by molar-refractivity contribution is -0.195. The highest BCUT2D eigenvalue weighted by atomic mass is 16.5. The summed E-state index contributed by atoms with van der Waals surface area (Å²) in [6, 6.07) is 2.49. The fraction of sp³-hybridized carbons (Fsp3) is 0.806. The van der Waals surface area contributed by atoms with E-state index in [1.165, 1.54) is 12.7 Å². The molecule has 0 aromatic carbocycles. The molecule has 0 amide bonds. The number of fused-ring (bicyclic) bond motifs is 7. The van der Waals surface area contributed by atoms with Crippen LogP contribution in [0.25, 0.3) is 0 Å². The number of rotatable bonds is 2. The normalized spacial score (nSPS) is 53.6. The zero-order valence-corrected chi connectivity index (χ0v) is 23.2. The Morgan fingerprint density at radius 3 is 2.50 bits per heavy atom. The van der Waals surface area contributed by atoms with E-state index >= 15 is 0 Å². The lowest BCUT2D eigenvalue weighted by Crippen LogP contribution is -2.66. The zero-order valence-electron chi connectivity index (χ0n) is 23.2. The van der Waals surface area contributed by atoms with Crippen molar-refractivity contribution in [1.29, 1.82) is 5.26 Å². The molecule has 5 rings (SSSR count). The molecule has 0 aromatic heterocycles. The van der Waals surface area contributed by atoms with E-state index in [4.69, 9.17) is 4.74 Å². The first kappa shape index (κ1) is 26.0. The Morgan fingerprint density at radius 1 is 1.19 bits per heavy atom. The van der Waals surface area contributed by atoms with Crippen LogP contribution in [0.4, 0.5) is 0 Å². The summed E-state index contributed by atoms with van der Waals surface area (Å²) in [6.45, 7) is 13.5. The van der Waals surface area contributed by atoms with Crippen molar-refractivity contribution >= 4 is 5.97 Å². The highest BCUT2D eigenvalue weighted by Gasteiger charge is 2.72. The predicted molar refractivity (Wildman–Crippen MR) is 138 cm³/mol. The second-order valence-corrected chi connectivity index (χ2v) is 14.1. The number of methoxy groups -OCH3 is 1. The van der Waals surface area contributed by atoms with Gasteiger partial charge in [-0.2, -0.15) is 5.26 Å². The molecule has 5 aliphatic carbocycles. The van der Waals surface area contributed by atoms with Crippen molar-refractivity contribution in [2.24, 2.45) is 56.7 Å². The molecule has 3 fully saturated rings. The van der Waals surface area contributed by atoms with Crippen molar-refractivity contribution in [3.8, 4) is 6.07 Å². The van der Waals surface area contributed by atoms with Crippen molar-refractivity contribution in [1.82, 2.24) is 0 Å². The number of ether oxygens (including phenoxy) is 1. The number of hydrogen-bond donors (Lipinski definition) is 2. The van der Waals surface area contributed by atoms with Crippen LogP contribution in [-0.2, 0) is 9.53 Å². The van der Waals surface area contributed by atoms with Gasteiger partial charge >= 0.3 is 5.97 Å². The molecule has 0 aromatic rings. The second kappa shape index (κ2) is 7.93. The van der Waals surface area contributed by atoms with Gasteiger partial charge in [-0.15, -0.1) is 0 Å². The van der Waals surface area contributed by atoms with Crippen molar-refractivity contribution in [3.63, 3.8) is 0 Å². The fourth-order valence-electron chi connectivity index (χ4n) is 10.7. The van der Waals surface area contributed by atoms with E-state index in [9.17, 15) is 20.3 Å². The molecule has 0 radical (unpaired) electrons. The van der Waals surface area contributed by atoms with Crippen LogP contribution >= 0.6 is 0 Å². The standard InChI is InChI=1S/C31H45NO4/c1-18-10-11-31(26(35)36-7)13-12-28(4)21(24(31)19(18)2)8-9-23-29(28,5)15-22(34)25-27(3,17-33)14-20(16-32)30(23,25)6/h8,14,18-19,22-25,33-34H,9-13,15,17H2,1-7H3/t18-,19+,22-,23+,24-,25+,27+,28-,29-,30-,31+/m1/s1. The lowest BCUT2D eigenvalue weighted by atomic mass is 9.34. The summed E-state index contributed by atoms with van der Waals surface area (Å²) in [5.74, 6) is 0.987. The Labute approximate surface area is 217 Å². The zero-order chi connectivity index (χ0) is 26.5. The van der Waals surface area contributed by atoms with Crippen LogP contribution in [0.15, 0.2) is 23.3 Å². The van der Waals surface area contributed by atoms with Gasteiger partial charge in [-0.1, -0.05) is 59.3 Å². The molecule has 36 heavy (non-hydrogen) atoms. The number of carbonyl (C=O) groups is 1. The molecular formula is C31H45NO4. The SMILES string of the molecule is COC(=O)[C@]12CC[C@@H](C)[C@H](C)[C@@H]1C1=CC[C@@H]3[C@@]4(C)C(C#N)=C[C@@](C)(CO)[C@@H]4[C@H](O)C[C@@]3(C)[C@]1(C)CC2. The van der Waals surface area contributed by atoms with E-state index in [-0.39, 0.29) is 41.2 Å². The molecule has 2 N–H and O–H groups in total. The summed E-state index contributed by atoms with van der Waals surface area (Å²) in [6.07, 6.45) is 8.88. The molecule has 0 saturated heterocycles. The quantitative estimate of drug-likeness (QED) is 0.394. The topological polar surface area (TPSA) is 90.6 Å². The minimum absolute atomic E-state index is 0.0543. The van der Waals surface area contributed by atoms with Gasteiger partial charge in [0.05, 0.1) is 31.3 Å². The lowest BCUT2D eigenvalue weighted by Gasteiger charge is -2.69. The molecule has 0 unspecified atom stereocenters. The number of esters is 1. The van der Waals surface area contributed by atoms with Crippen molar-refractivity contribution in [2.75, 3.05) is 13.7 Å². The summed E-state index contributed by atoms with van der Waals surface area (Å²) in [4.78, 5) is 13.4. The van der Waals surface area contributed by atoms with Crippen LogP contribution in [0.3, 0.4) is 0 Å². The van der Waals surface area contributed by atoms with Crippen molar-refractivity contribution in [2.45, 2.75) is 86.2 Å². The van der Waals surface area contributed by atoms with Gasteiger partial charge in [0.15, 0.2) is 0 Å². The Morgan fingerprint density at radius 2 is 1.89 bits per heavy atom. The number of hydrogen-bond acceptors (Lipinski definition) is 5. The van der Waals surface area contributed by atoms with Gasteiger partial charge in [0.25, 0.3) is 0 Å². The average molecular weight is 496 g/mol. The second-order valence-electron chi connectivity index (χ2n) is 14.1. The first-order valence-corrected chi connectivity index (χ1v) is 14.0. The highest BCUT2D eigenvalue weighted by molar-refractivity contribution is 5.78. The molecule has 3 saturated carbocycles. The minimum atomic E-state index is -0.610. The first-order chi connectivity index (χ1) is 16.8. The molecule has 0 spiro atoms. The van der Waals surface area contributed by atoms with Crippen LogP contribution in [0, 0.1) is 68.0 Å². The number of aliphatic hydroxyl groups excluding tert-OH is 2. The maximum absolute atomic E-state index is 13.4. The Bertz CT molecular complexity index is 1070. The van der Waals surface area contributed by atoms with Crippen LogP contribution in [0.1, 0.15) is 80.1 Å². The molecule has 11 atom stereocenters. The third kappa shape index (κ3) is 2.81. The summed E-state index contributed by atoms with van der Waals surface area (Å²) in [7, 11) is 1.53. The number of carbonyl (C=O) groups excluding carboxylic acids is 1. The number of aliphatic hydroxyl groups is 2. The number of nitriles is 1. The van der Waals surface area contributed by atoms with Crippen LogP contribution in [0.2, 0.25) is 0 Å². The molecule has 5 heteroatoms. The molecule has 0 bridgehead atoms. The molecular weight excluding hydrogens is 450 g/mol. The van der Waals surface area contributed by atoms with Gasteiger partial charge in [-0.3, -0.25) is 4.79 Å². The smallest absolute Gasteiger partial charge is 0.312 e. The largest absolute Gasteiger partial charge is 0.469 e. The maximum Gasteiger partial charge on any atom is 0.312 e. The minimum Gasteiger partial charge on any atom is -0.469 e. The Kier molecular flexibility index (Phi) is 5.73. The predicted octanol–water partition coefficient (Wildman–Crippen LogP) is 5.43. The maximum atomic E-state index is 13.4. The average Bonchev–Trinajstić information content (AvgIpc) is 3.09. The molecule has 0 heterocycles. The van der Waals surface area contributed by atoms with Gasteiger partial charge in [0.2, 0.25) is 0 Å². The Balaban J connectivity index is 1.68. The van der Waals surface area contributed by atoms with Crippen LogP contribution in [-0.4, -0.2) is 36.0 Å². The number of nitrogens with zero attached hydrogens (tertiary/aromatic N) is 1. The summed E-state index contributed by atoms with van der Waals surface area (Å²) >= 11 is 0. The van der Waals surface area contributed by atoms with Crippen molar-refractivity contribution in [3.05, 3.63) is 23.3 Å². The van der Waals surface area contributed by atoms with E-state index in [0.717, 1.165) is 37.7 Å². The highest BCUT2D eigenvalue weighted by Crippen LogP contribution is 2.76. The van der Waals surface area contributed by atoms with E-state index in [2.05, 4.69) is 46.8 Å². The van der Waals surface area contributed by atoms with E-state index in [1.807, 2.05) is 13.0 Å². The van der Waals surface area contributed by atoms with Gasteiger partial charge < -0.3 is 14.9 Å². The van der Waals surface area contributed by atoms with Crippen LogP contribution < -0.4 is 0 Å². The monoisotopic (exact) mass is 495 g/mol. The van der Waals surface area contributed by atoms with Crippen molar-refractivity contribution < 1.29 is 19.7 Å². The molecule has 198 valence electrons. The van der Waals surface area contributed by atoms with E-state index in [1.54, 1.807) is 0 Å². The van der Waals surface area contributed by atoms with E-state index in [0.29, 0.717) is 18.3 Å². The molecule has 0 aliphatic heterocycles. The third-order valence-electron chi connectivity index (χ3n) is 12.9. The molecule has 5 nitrogen and oxygen atoms in total. The van der Waals surface area contributed by atoms with E-state index < -0.39 is 22.3 Å².